The fraction of sp³-hybridized carbons (Fsp3) is 0.538. The summed E-state index contributed by atoms with van der Waals surface area (Å²) in [6.45, 7) is 6.13. The van der Waals surface area contributed by atoms with Gasteiger partial charge in [0.1, 0.15) is 11.4 Å². The second-order valence-corrected chi connectivity index (χ2v) is 4.50. The number of nitrogens with zero attached hydrogens (tertiary/aromatic N) is 2. The number of rotatable bonds is 5. The van der Waals surface area contributed by atoms with Crippen molar-refractivity contribution in [3.63, 3.8) is 0 Å². The van der Waals surface area contributed by atoms with Crippen LogP contribution in [0.5, 0.6) is 0 Å². The summed E-state index contributed by atoms with van der Waals surface area (Å²) in [4.78, 5) is 17.5. The molecule has 18 heavy (non-hydrogen) atoms. The van der Waals surface area contributed by atoms with Crippen LogP contribution in [-0.2, 0) is 4.74 Å². The van der Waals surface area contributed by atoms with E-state index >= 15 is 0 Å². The van der Waals surface area contributed by atoms with E-state index in [-0.39, 0.29) is 11.6 Å². The third kappa shape index (κ3) is 2.98. The maximum Gasteiger partial charge on any atom is 0.339 e. The molecule has 1 heterocycles. The van der Waals surface area contributed by atoms with Crippen LogP contribution in [0.15, 0.2) is 6.07 Å². The van der Waals surface area contributed by atoms with E-state index in [4.69, 9.17) is 4.74 Å². The average Bonchev–Trinajstić information content (AvgIpc) is 2.26. The number of aromatic carboxylic acids is 1. The predicted octanol–water partition coefficient (Wildman–Crippen LogP) is 1.87. The maximum absolute atomic E-state index is 11.3. The number of carboxylic acid groups (broad SMARTS) is 1. The molecule has 1 unspecified atom stereocenters. The molecule has 0 fully saturated rings. The molecule has 0 aliphatic carbocycles. The summed E-state index contributed by atoms with van der Waals surface area (Å²) in [6.07, 6.45) is 0. The number of hydrogen-bond acceptors (Lipinski definition) is 4. The van der Waals surface area contributed by atoms with Crippen LogP contribution in [0, 0.1) is 13.8 Å². The Kier molecular flexibility index (Phi) is 4.67. The number of carboxylic acids is 1. The number of aryl methyl sites for hydroxylation is 2. The van der Waals surface area contributed by atoms with Gasteiger partial charge in [-0.1, -0.05) is 0 Å². The van der Waals surface area contributed by atoms with E-state index in [1.54, 1.807) is 20.1 Å². The van der Waals surface area contributed by atoms with Gasteiger partial charge in [0, 0.05) is 19.9 Å². The van der Waals surface area contributed by atoms with Crippen molar-refractivity contribution in [2.45, 2.75) is 26.8 Å². The highest BCUT2D eigenvalue weighted by molar-refractivity contribution is 5.95. The molecule has 0 saturated heterocycles. The molecule has 1 rings (SSSR count). The first-order valence-electron chi connectivity index (χ1n) is 5.81. The number of anilines is 1. The van der Waals surface area contributed by atoms with Crippen molar-refractivity contribution in [1.82, 2.24) is 4.98 Å². The van der Waals surface area contributed by atoms with Crippen LogP contribution >= 0.6 is 0 Å². The number of aromatic nitrogens is 1. The van der Waals surface area contributed by atoms with Crippen molar-refractivity contribution in [3.05, 3.63) is 22.9 Å². The number of pyridine rings is 1. The Hall–Kier alpha value is -1.62. The van der Waals surface area contributed by atoms with Gasteiger partial charge in [0.15, 0.2) is 0 Å². The van der Waals surface area contributed by atoms with E-state index < -0.39 is 5.97 Å². The summed E-state index contributed by atoms with van der Waals surface area (Å²) < 4.78 is 5.09. The second-order valence-electron chi connectivity index (χ2n) is 4.50. The summed E-state index contributed by atoms with van der Waals surface area (Å²) in [7, 11) is 3.45. The Bertz CT molecular complexity index is 446. The topological polar surface area (TPSA) is 62.7 Å². The first-order valence-corrected chi connectivity index (χ1v) is 5.81. The van der Waals surface area contributed by atoms with Gasteiger partial charge in [0.25, 0.3) is 0 Å². The summed E-state index contributed by atoms with van der Waals surface area (Å²) >= 11 is 0. The monoisotopic (exact) mass is 252 g/mol. The van der Waals surface area contributed by atoms with Crippen LogP contribution in [0.2, 0.25) is 0 Å². The van der Waals surface area contributed by atoms with E-state index in [1.165, 1.54) is 0 Å². The summed E-state index contributed by atoms with van der Waals surface area (Å²) in [5.41, 5.74) is 1.79. The quantitative estimate of drug-likeness (QED) is 0.866. The zero-order valence-corrected chi connectivity index (χ0v) is 11.5. The van der Waals surface area contributed by atoms with Gasteiger partial charge >= 0.3 is 5.97 Å². The Morgan fingerprint density at radius 2 is 2.17 bits per heavy atom. The standard InChI is InChI=1S/C13H20N2O3/c1-8-6-9(2)14-12(11(8)13(16)17)15(4)10(3)7-18-5/h6,10H,7H2,1-5H3,(H,16,17). The second kappa shape index (κ2) is 5.82. The molecule has 0 spiro atoms. The first-order chi connectivity index (χ1) is 8.38. The third-order valence-corrected chi connectivity index (χ3v) is 2.94. The van der Waals surface area contributed by atoms with E-state index in [1.807, 2.05) is 25.8 Å². The van der Waals surface area contributed by atoms with Gasteiger partial charge in [0.2, 0.25) is 0 Å². The number of ether oxygens (including phenoxy) is 1. The molecule has 1 atom stereocenters. The molecule has 0 saturated carbocycles. The van der Waals surface area contributed by atoms with E-state index in [2.05, 4.69) is 4.98 Å². The minimum Gasteiger partial charge on any atom is -0.478 e. The van der Waals surface area contributed by atoms with E-state index in [9.17, 15) is 9.90 Å². The van der Waals surface area contributed by atoms with Crippen LogP contribution in [0.3, 0.4) is 0 Å². The highest BCUT2D eigenvalue weighted by Gasteiger charge is 2.21. The highest BCUT2D eigenvalue weighted by atomic mass is 16.5. The van der Waals surface area contributed by atoms with Crippen LogP contribution in [0.1, 0.15) is 28.5 Å². The Morgan fingerprint density at radius 3 is 2.67 bits per heavy atom. The number of hydrogen-bond donors (Lipinski definition) is 1. The zero-order valence-electron chi connectivity index (χ0n) is 11.5. The highest BCUT2D eigenvalue weighted by Crippen LogP contribution is 2.23. The van der Waals surface area contributed by atoms with Gasteiger partial charge in [-0.15, -0.1) is 0 Å². The lowest BCUT2D eigenvalue weighted by Crippen LogP contribution is -2.34. The molecule has 0 radical (unpaired) electrons. The molecule has 1 aromatic heterocycles. The number of methoxy groups -OCH3 is 1. The van der Waals surface area contributed by atoms with Gasteiger partial charge in [-0.2, -0.15) is 0 Å². The molecule has 0 amide bonds. The molecular formula is C13H20N2O3. The van der Waals surface area contributed by atoms with Crippen molar-refractivity contribution in [2.75, 3.05) is 25.7 Å². The average molecular weight is 252 g/mol. The van der Waals surface area contributed by atoms with E-state index in [0.29, 0.717) is 12.4 Å². The van der Waals surface area contributed by atoms with Gasteiger partial charge in [-0.05, 0) is 32.4 Å². The van der Waals surface area contributed by atoms with E-state index in [0.717, 1.165) is 11.3 Å². The molecular weight excluding hydrogens is 232 g/mol. The minimum absolute atomic E-state index is 0.0572. The number of carbonyl (C=O) groups is 1. The molecule has 0 aromatic carbocycles. The molecule has 0 aliphatic rings. The molecule has 100 valence electrons. The lowest BCUT2D eigenvalue weighted by molar-refractivity contribution is 0.0696. The Labute approximate surface area is 107 Å². The number of likely N-dealkylation sites (N-methyl/N-ethyl adjacent to an activating group) is 1. The van der Waals surface area contributed by atoms with Crippen LogP contribution in [0.4, 0.5) is 5.82 Å². The first kappa shape index (κ1) is 14.4. The Morgan fingerprint density at radius 1 is 1.56 bits per heavy atom. The van der Waals surface area contributed by atoms with Crippen molar-refractivity contribution >= 4 is 11.8 Å². The molecule has 0 bridgehead atoms. The predicted molar refractivity (Wildman–Crippen MR) is 70.4 cm³/mol. The molecule has 5 heteroatoms. The largest absolute Gasteiger partial charge is 0.478 e. The van der Waals surface area contributed by atoms with Gasteiger partial charge in [-0.25, -0.2) is 9.78 Å². The minimum atomic E-state index is -0.952. The van der Waals surface area contributed by atoms with Gasteiger partial charge in [0.05, 0.1) is 12.6 Å². The van der Waals surface area contributed by atoms with Crippen LogP contribution < -0.4 is 4.90 Å². The summed E-state index contributed by atoms with van der Waals surface area (Å²) in [6, 6.07) is 1.84. The lowest BCUT2D eigenvalue weighted by atomic mass is 10.1. The molecule has 0 aliphatic heterocycles. The third-order valence-electron chi connectivity index (χ3n) is 2.94. The van der Waals surface area contributed by atoms with Crippen molar-refractivity contribution in [3.8, 4) is 0 Å². The Balaban J connectivity index is 3.25. The smallest absolute Gasteiger partial charge is 0.339 e. The van der Waals surface area contributed by atoms with Crippen molar-refractivity contribution in [2.24, 2.45) is 0 Å². The van der Waals surface area contributed by atoms with Crippen molar-refractivity contribution in [1.29, 1.82) is 0 Å². The summed E-state index contributed by atoms with van der Waals surface area (Å²) in [5, 5.41) is 9.30. The molecule has 5 nitrogen and oxygen atoms in total. The summed E-state index contributed by atoms with van der Waals surface area (Å²) in [5.74, 6) is -0.462. The van der Waals surface area contributed by atoms with Crippen LogP contribution in [0.25, 0.3) is 0 Å². The van der Waals surface area contributed by atoms with Crippen molar-refractivity contribution < 1.29 is 14.6 Å². The molecule has 1 aromatic rings. The van der Waals surface area contributed by atoms with Gasteiger partial charge < -0.3 is 14.7 Å². The SMILES string of the molecule is COCC(C)N(C)c1nc(C)cc(C)c1C(=O)O. The zero-order chi connectivity index (χ0) is 13.9. The van der Waals surface area contributed by atoms with Gasteiger partial charge in [-0.3, -0.25) is 0 Å². The maximum atomic E-state index is 11.3. The normalized spacial score (nSPS) is 12.3. The fourth-order valence-electron chi connectivity index (χ4n) is 1.90. The molecule has 1 N–H and O–H groups in total. The lowest BCUT2D eigenvalue weighted by Gasteiger charge is -2.27. The van der Waals surface area contributed by atoms with Crippen LogP contribution in [-0.4, -0.2) is 42.9 Å². The fourth-order valence-corrected chi connectivity index (χ4v) is 1.90.